The van der Waals surface area contributed by atoms with E-state index in [-0.39, 0.29) is 62.6 Å². The molecule has 22 heteroatoms. The highest BCUT2D eigenvalue weighted by Gasteiger charge is 2.32. The molecule has 0 bridgehead atoms. The number of nitrogens with one attached hydrogen (secondary N) is 2. The first-order valence-corrected chi connectivity index (χ1v) is 28.0. The zero-order valence-electron chi connectivity index (χ0n) is 47.5. The van der Waals surface area contributed by atoms with Crippen LogP contribution in [-0.2, 0) is 25.4 Å². The lowest BCUT2D eigenvalue weighted by Crippen LogP contribution is -2.53. The number of urea groups is 1. The number of aliphatic hydroxyl groups is 5. The van der Waals surface area contributed by atoms with Crippen LogP contribution in [0.5, 0.6) is 0 Å². The molecule has 6 rings (SSSR count). The van der Waals surface area contributed by atoms with Crippen LogP contribution in [0.15, 0.2) is 85.1 Å². The highest BCUT2D eigenvalue weighted by molar-refractivity contribution is 6.08. The van der Waals surface area contributed by atoms with Crippen molar-refractivity contribution in [1.29, 1.82) is 0 Å². The zero-order chi connectivity index (χ0) is 58.4. The Balaban J connectivity index is 0.888. The Morgan fingerprint density at radius 3 is 2.09 bits per heavy atom. The number of fused-ring (bicyclic) bond motifs is 1. The predicted molar refractivity (Wildman–Crippen MR) is 306 cm³/mol. The lowest BCUT2D eigenvalue weighted by Gasteiger charge is -2.37. The number of piperazine rings is 1. The molecule has 6 amide bonds. The lowest BCUT2D eigenvalue weighted by atomic mass is 9.87. The first kappa shape index (κ1) is 63.6. The third-order valence-corrected chi connectivity index (χ3v) is 14.8. The summed E-state index contributed by atoms with van der Waals surface area (Å²) in [6.07, 6.45) is -2.25. The maximum atomic E-state index is 14.0. The average Bonchev–Trinajstić information content (AvgIpc) is 3.51. The second-order valence-corrected chi connectivity index (χ2v) is 20.4. The van der Waals surface area contributed by atoms with Gasteiger partial charge in [0, 0.05) is 121 Å². The molecule has 0 spiro atoms. The van der Waals surface area contributed by atoms with Crippen molar-refractivity contribution in [2.24, 2.45) is 0 Å². The molecule has 0 radical (unpaired) electrons. The van der Waals surface area contributed by atoms with Gasteiger partial charge in [-0.3, -0.25) is 29.1 Å². The highest BCUT2D eigenvalue weighted by atomic mass is 16.5. The number of pyridine rings is 1. The average molecular weight is 1130 g/mol. The van der Waals surface area contributed by atoms with E-state index in [1.807, 2.05) is 30.3 Å². The van der Waals surface area contributed by atoms with Crippen molar-refractivity contribution in [2.45, 2.75) is 70.0 Å². The van der Waals surface area contributed by atoms with Crippen LogP contribution in [0, 0.1) is 0 Å². The molecular weight excluding hydrogens is 1040 g/mol. The van der Waals surface area contributed by atoms with Crippen molar-refractivity contribution in [2.75, 3.05) is 143 Å². The van der Waals surface area contributed by atoms with Crippen LogP contribution in [0.3, 0.4) is 0 Å². The second kappa shape index (κ2) is 32.1. The summed E-state index contributed by atoms with van der Waals surface area (Å²) >= 11 is 0. The van der Waals surface area contributed by atoms with Crippen LogP contribution in [0.25, 0.3) is 11.3 Å². The summed E-state index contributed by atoms with van der Waals surface area (Å²) in [6, 6.07) is 23.9. The molecule has 22 nitrogen and oxygen atoms in total. The van der Waals surface area contributed by atoms with E-state index in [1.54, 1.807) is 71.4 Å². The number of hydrogen-bond acceptors (Lipinski definition) is 16. The maximum Gasteiger partial charge on any atom is 0.319 e. The lowest BCUT2D eigenvalue weighted by molar-refractivity contribution is -0.139. The molecule has 5 unspecified atom stereocenters. The number of benzene rings is 3. The fraction of sp³-hybridized carbons (Fsp3) is 0.525. The number of hydrogen-bond donors (Lipinski definition) is 7. The van der Waals surface area contributed by atoms with Gasteiger partial charge in [-0.1, -0.05) is 30.3 Å². The number of anilines is 2. The molecule has 2 aliphatic rings. The second-order valence-electron chi connectivity index (χ2n) is 20.4. The van der Waals surface area contributed by atoms with Crippen LogP contribution in [0.4, 0.5) is 16.2 Å². The summed E-state index contributed by atoms with van der Waals surface area (Å²) in [5.74, 6) is -1.20. The molecule has 81 heavy (non-hydrogen) atoms. The number of ether oxygens (including phenoxy) is 3. The summed E-state index contributed by atoms with van der Waals surface area (Å²) in [7, 11) is 4.88. The first-order chi connectivity index (χ1) is 39.0. The molecule has 2 heterocycles. The third-order valence-electron chi connectivity index (χ3n) is 14.8. The Labute approximate surface area is 475 Å². The Bertz CT molecular complexity index is 2670. The Kier molecular flexibility index (Phi) is 25.2. The number of carbonyl (C=O) groups is 5. The van der Waals surface area contributed by atoms with Gasteiger partial charge in [-0.2, -0.15) is 0 Å². The number of amides is 6. The molecule has 1 aliphatic carbocycles. The van der Waals surface area contributed by atoms with E-state index in [0.717, 1.165) is 43.6 Å². The Hall–Kier alpha value is -6.60. The van der Waals surface area contributed by atoms with Crippen molar-refractivity contribution in [3.8, 4) is 11.3 Å². The monoisotopic (exact) mass is 1130 g/mol. The van der Waals surface area contributed by atoms with Gasteiger partial charge in [0.15, 0.2) is 0 Å². The number of aromatic nitrogens is 1. The minimum absolute atomic E-state index is 0.00438. The van der Waals surface area contributed by atoms with Crippen LogP contribution >= 0.6 is 0 Å². The van der Waals surface area contributed by atoms with Gasteiger partial charge in [-0.05, 0) is 92.8 Å². The van der Waals surface area contributed by atoms with Gasteiger partial charge in [-0.15, -0.1) is 0 Å². The van der Waals surface area contributed by atoms with Crippen LogP contribution in [-0.4, -0.2) is 242 Å². The van der Waals surface area contributed by atoms with Gasteiger partial charge in [0.2, 0.25) is 5.91 Å². The van der Waals surface area contributed by atoms with Gasteiger partial charge in [0.05, 0.1) is 70.1 Å². The van der Waals surface area contributed by atoms with E-state index in [1.165, 1.54) is 17.5 Å². The first-order valence-electron chi connectivity index (χ1n) is 28.0. The van der Waals surface area contributed by atoms with Crippen LogP contribution < -0.4 is 15.5 Å². The van der Waals surface area contributed by atoms with Crippen molar-refractivity contribution in [3.63, 3.8) is 0 Å². The SMILES string of the molecule is CCN(CC)c1ccc(NC(=O)c2cccc(C(=O)N(C)CCN3CCN(C(=O)N(C)CCOCCOCCOCCC(=O)N(C)CC(O)C(O)C(O)C(O)CO)CC3)c2)c(-c2cc(C(=O)NC3CCCc4ccccc43)ccn2)c1. The summed E-state index contributed by atoms with van der Waals surface area (Å²) in [4.78, 5) is 82.4. The summed E-state index contributed by atoms with van der Waals surface area (Å²) in [5, 5.41) is 54.5. The van der Waals surface area contributed by atoms with E-state index in [2.05, 4.69) is 51.4 Å². The highest BCUT2D eigenvalue weighted by Crippen LogP contribution is 2.33. The predicted octanol–water partition coefficient (Wildman–Crippen LogP) is 2.73. The molecule has 3 aromatic carbocycles. The molecule has 1 fully saturated rings. The maximum absolute atomic E-state index is 14.0. The molecule has 7 N–H and O–H groups in total. The van der Waals surface area contributed by atoms with Gasteiger partial charge in [0.1, 0.15) is 24.4 Å². The quantitative estimate of drug-likeness (QED) is 0.0370. The number of aryl methyl sites for hydroxylation is 1. The van der Waals surface area contributed by atoms with Gasteiger partial charge in [-0.25, -0.2) is 4.79 Å². The minimum atomic E-state index is -1.77. The summed E-state index contributed by atoms with van der Waals surface area (Å²) < 4.78 is 16.6. The smallest absolute Gasteiger partial charge is 0.319 e. The molecule has 1 aromatic heterocycles. The fourth-order valence-electron chi connectivity index (χ4n) is 9.75. The molecule has 1 saturated heterocycles. The Morgan fingerprint density at radius 2 is 1.37 bits per heavy atom. The van der Waals surface area contributed by atoms with Crippen molar-refractivity contribution in [3.05, 3.63) is 113 Å². The number of carbonyl (C=O) groups excluding carboxylic acids is 5. The third kappa shape index (κ3) is 18.5. The minimum Gasteiger partial charge on any atom is -0.394 e. The molecule has 1 aliphatic heterocycles. The largest absolute Gasteiger partial charge is 0.394 e. The van der Waals surface area contributed by atoms with Crippen LogP contribution in [0.2, 0.25) is 0 Å². The van der Waals surface area contributed by atoms with E-state index in [4.69, 9.17) is 19.3 Å². The van der Waals surface area contributed by atoms with Crippen LogP contribution in [0.1, 0.15) is 81.4 Å². The van der Waals surface area contributed by atoms with Gasteiger partial charge < -0.3 is 74.9 Å². The Morgan fingerprint density at radius 1 is 0.704 bits per heavy atom. The number of aliphatic hydroxyl groups excluding tert-OH is 5. The zero-order valence-corrected chi connectivity index (χ0v) is 47.5. The van der Waals surface area contributed by atoms with Crippen molar-refractivity contribution >= 4 is 41.0 Å². The molecule has 4 aromatic rings. The van der Waals surface area contributed by atoms with E-state index in [9.17, 15) is 44.4 Å². The molecular formula is C59H83N9O13. The van der Waals surface area contributed by atoms with E-state index < -0.39 is 36.9 Å². The standard InChI is InChI=1S/C59H83N9O13/c1-6-67(7-2)45-18-19-49(47(38-45)50-37-43(20-22-60-50)57(76)61-48-17-11-13-41-12-8-9-16-46(41)48)62-56(75)42-14-10-15-44(36-42)58(77)63(3)23-24-66-25-27-68(28-26-66)59(78)64(4)29-31-80-33-35-81-34-32-79-30-21-53(72)65(5)39-51(70)54(73)55(74)52(71)40-69/h8-10,12,14-16,18-20,22,36-38,48,51-52,54-55,69-71,73-74H,6-7,11,13,17,21,23-35,39-40H2,1-5H3,(H,61,76)(H,62,75). The van der Waals surface area contributed by atoms with E-state index in [0.29, 0.717) is 99.3 Å². The van der Waals surface area contributed by atoms with Crippen molar-refractivity contribution in [1.82, 2.24) is 34.8 Å². The number of rotatable bonds is 30. The molecule has 5 atom stereocenters. The summed E-state index contributed by atoms with van der Waals surface area (Å²) in [5.41, 5.74) is 6.17. The van der Waals surface area contributed by atoms with Gasteiger partial charge in [0.25, 0.3) is 17.7 Å². The van der Waals surface area contributed by atoms with E-state index >= 15 is 0 Å². The fourth-order valence-corrected chi connectivity index (χ4v) is 9.75. The van der Waals surface area contributed by atoms with Gasteiger partial charge >= 0.3 is 6.03 Å². The number of likely N-dealkylation sites (N-methyl/N-ethyl adjacent to an activating group) is 3. The molecule has 0 saturated carbocycles. The normalized spacial score (nSPS) is 15.9. The summed E-state index contributed by atoms with van der Waals surface area (Å²) in [6.45, 7) is 9.88. The molecule has 442 valence electrons. The topological polar surface area (TPSA) is 271 Å². The number of nitrogens with zero attached hydrogens (tertiary/aromatic N) is 7. The van der Waals surface area contributed by atoms with Crippen molar-refractivity contribution < 1.29 is 63.7 Å².